The summed E-state index contributed by atoms with van der Waals surface area (Å²) in [4.78, 5) is 28.7. The van der Waals surface area contributed by atoms with E-state index >= 15 is 0 Å². The molecule has 33 heavy (non-hydrogen) atoms. The van der Waals surface area contributed by atoms with Crippen LogP contribution in [0.5, 0.6) is 5.75 Å². The maximum absolute atomic E-state index is 13.2. The van der Waals surface area contributed by atoms with Gasteiger partial charge in [-0.25, -0.2) is 0 Å². The summed E-state index contributed by atoms with van der Waals surface area (Å²) in [5.74, 6) is 0.176. The number of ketones is 1. The van der Waals surface area contributed by atoms with Crippen LogP contribution in [-0.2, 0) is 21.5 Å². The second kappa shape index (κ2) is 8.56. The number of aryl methyl sites for hydroxylation is 1. The smallest absolute Gasteiger partial charge is 0.296 e. The Morgan fingerprint density at radius 3 is 2.52 bits per heavy atom. The third-order valence-electron chi connectivity index (χ3n) is 5.76. The molecular weight excluding hydrogens is 438 g/mol. The first kappa shape index (κ1) is 22.9. The topological polar surface area (TPSA) is 80.0 Å². The number of methoxy groups -OCH3 is 1. The van der Waals surface area contributed by atoms with Gasteiger partial charge in [0.15, 0.2) is 0 Å². The monoisotopic (exact) mass is 465 g/mol. The van der Waals surface area contributed by atoms with Gasteiger partial charge in [0.05, 0.1) is 19.2 Å². The first-order valence-corrected chi connectivity index (χ1v) is 11.6. The van der Waals surface area contributed by atoms with Crippen molar-refractivity contribution in [3.8, 4) is 5.75 Å². The molecule has 1 unspecified atom stereocenters. The van der Waals surface area contributed by atoms with Crippen molar-refractivity contribution in [1.82, 2.24) is 4.90 Å². The molecule has 1 amide bonds. The summed E-state index contributed by atoms with van der Waals surface area (Å²) in [7, 11) is 1.60. The molecule has 4 rings (SSSR count). The van der Waals surface area contributed by atoms with Crippen LogP contribution in [0.3, 0.4) is 0 Å². The van der Waals surface area contributed by atoms with E-state index in [1.807, 2.05) is 44.4 Å². The summed E-state index contributed by atoms with van der Waals surface area (Å²) in [6.07, 6.45) is 0. The van der Waals surface area contributed by atoms with Crippen molar-refractivity contribution in [3.05, 3.63) is 80.9 Å². The Bertz CT molecular complexity index is 1230. The molecule has 3 heterocycles. The van der Waals surface area contributed by atoms with Gasteiger partial charge < -0.3 is 19.2 Å². The standard InChI is InChI=1S/C26H27NO5S/c1-15-8-10-20(32-15)22-21(24(29)25(30)27(22)14-17-7-6-12-33-17)23(28)16-9-11-19(31-5)18(13-16)26(2,3)4/h6-13,22,28H,14H2,1-5H3/b23-21-. The average molecular weight is 466 g/mol. The number of ether oxygens (including phenoxy) is 1. The van der Waals surface area contributed by atoms with Crippen LogP contribution in [0.25, 0.3) is 5.76 Å². The zero-order valence-electron chi connectivity index (χ0n) is 19.3. The number of carbonyl (C=O) groups excluding carboxylic acids is 2. The molecule has 1 atom stereocenters. The Hall–Kier alpha value is -3.32. The quantitative estimate of drug-likeness (QED) is 0.302. The second-order valence-corrected chi connectivity index (χ2v) is 10.2. The van der Waals surface area contributed by atoms with Crippen molar-refractivity contribution in [2.75, 3.05) is 7.11 Å². The average Bonchev–Trinajstić information content (AvgIpc) is 3.49. The number of thiophene rings is 1. The van der Waals surface area contributed by atoms with Gasteiger partial charge in [0.25, 0.3) is 11.7 Å². The van der Waals surface area contributed by atoms with Crippen LogP contribution >= 0.6 is 11.3 Å². The van der Waals surface area contributed by atoms with Gasteiger partial charge in [-0.05, 0) is 54.1 Å². The van der Waals surface area contributed by atoms with Crippen molar-refractivity contribution >= 4 is 28.8 Å². The van der Waals surface area contributed by atoms with E-state index in [-0.39, 0.29) is 23.3 Å². The van der Waals surface area contributed by atoms with Crippen molar-refractivity contribution in [2.45, 2.75) is 45.7 Å². The van der Waals surface area contributed by atoms with Crippen LogP contribution in [0, 0.1) is 6.92 Å². The molecule has 2 aromatic heterocycles. The van der Waals surface area contributed by atoms with E-state index in [4.69, 9.17) is 9.15 Å². The van der Waals surface area contributed by atoms with Crippen molar-refractivity contribution in [3.63, 3.8) is 0 Å². The van der Waals surface area contributed by atoms with E-state index < -0.39 is 17.7 Å². The molecule has 0 saturated carbocycles. The van der Waals surface area contributed by atoms with Crippen LogP contribution in [0.1, 0.15) is 54.3 Å². The van der Waals surface area contributed by atoms with Crippen LogP contribution in [0.15, 0.2) is 57.8 Å². The molecule has 1 saturated heterocycles. The predicted molar refractivity (Wildman–Crippen MR) is 127 cm³/mol. The lowest BCUT2D eigenvalue weighted by Gasteiger charge is -2.24. The Kier molecular flexibility index (Phi) is 5.93. The molecule has 1 aliphatic rings. The minimum Gasteiger partial charge on any atom is -0.507 e. The Morgan fingerprint density at radius 2 is 1.94 bits per heavy atom. The highest BCUT2D eigenvalue weighted by atomic mass is 32.1. The molecular formula is C26H27NO5S. The lowest BCUT2D eigenvalue weighted by atomic mass is 9.84. The minimum atomic E-state index is -0.819. The van der Waals surface area contributed by atoms with Gasteiger partial charge >= 0.3 is 0 Å². The van der Waals surface area contributed by atoms with Crippen LogP contribution < -0.4 is 4.74 Å². The number of amides is 1. The molecule has 1 N–H and O–H groups in total. The molecule has 0 spiro atoms. The number of hydrogen-bond donors (Lipinski definition) is 1. The molecule has 1 aromatic carbocycles. The fourth-order valence-corrected chi connectivity index (χ4v) is 4.81. The molecule has 0 aliphatic carbocycles. The van der Waals surface area contributed by atoms with Gasteiger partial charge in [-0.15, -0.1) is 11.3 Å². The molecule has 172 valence electrons. The van der Waals surface area contributed by atoms with Gasteiger partial charge in [0.1, 0.15) is 29.1 Å². The van der Waals surface area contributed by atoms with Crippen molar-refractivity contribution in [1.29, 1.82) is 0 Å². The fraction of sp³-hybridized carbons (Fsp3) is 0.308. The number of aliphatic hydroxyl groups excluding tert-OH is 1. The summed E-state index contributed by atoms with van der Waals surface area (Å²) >= 11 is 1.50. The van der Waals surface area contributed by atoms with Crippen molar-refractivity contribution in [2.24, 2.45) is 0 Å². The first-order valence-electron chi connectivity index (χ1n) is 10.7. The van der Waals surface area contributed by atoms with E-state index in [2.05, 4.69) is 0 Å². The van der Waals surface area contributed by atoms with Crippen LogP contribution in [-0.4, -0.2) is 28.8 Å². The van der Waals surface area contributed by atoms with Gasteiger partial charge in [0, 0.05) is 16.0 Å². The number of nitrogens with zero attached hydrogens (tertiary/aromatic N) is 1. The maximum atomic E-state index is 13.2. The van der Waals surface area contributed by atoms with Gasteiger partial charge in [0.2, 0.25) is 0 Å². The summed E-state index contributed by atoms with van der Waals surface area (Å²) < 4.78 is 11.3. The number of benzene rings is 1. The molecule has 6 nitrogen and oxygen atoms in total. The van der Waals surface area contributed by atoms with E-state index in [1.165, 1.54) is 16.2 Å². The third-order valence-corrected chi connectivity index (χ3v) is 6.62. The number of furan rings is 1. The highest BCUT2D eigenvalue weighted by molar-refractivity contribution is 7.09. The Morgan fingerprint density at radius 1 is 1.18 bits per heavy atom. The minimum absolute atomic E-state index is 0.0240. The molecule has 3 aromatic rings. The van der Waals surface area contributed by atoms with E-state index in [9.17, 15) is 14.7 Å². The summed E-state index contributed by atoms with van der Waals surface area (Å²) in [5, 5.41) is 13.3. The number of aliphatic hydroxyl groups is 1. The lowest BCUT2D eigenvalue weighted by molar-refractivity contribution is -0.140. The zero-order valence-corrected chi connectivity index (χ0v) is 20.2. The largest absolute Gasteiger partial charge is 0.507 e. The molecule has 7 heteroatoms. The van der Waals surface area contributed by atoms with Crippen LogP contribution in [0.2, 0.25) is 0 Å². The highest BCUT2D eigenvalue weighted by Gasteiger charge is 2.47. The highest BCUT2D eigenvalue weighted by Crippen LogP contribution is 2.42. The Labute approximate surface area is 197 Å². The van der Waals surface area contributed by atoms with E-state index in [0.29, 0.717) is 22.8 Å². The number of likely N-dealkylation sites (tertiary alicyclic amines) is 1. The summed E-state index contributed by atoms with van der Waals surface area (Å²) in [6.45, 7) is 8.17. The maximum Gasteiger partial charge on any atom is 0.296 e. The second-order valence-electron chi connectivity index (χ2n) is 9.12. The first-order chi connectivity index (χ1) is 15.6. The predicted octanol–water partition coefficient (Wildman–Crippen LogP) is 5.58. The fourth-order valence-electron chi connectivity index (χ4n) is 4.11. The third kappa shape index (κ3) is 4.20. The molecule has 0 radical (unpaired) electrons. The lowest BCUT2D eigenvalue weighted by Crippen LogP contribution is -2.28. The number of hydrogen-bond acceptors (Lipinski definition) is 6. The van der Waals surface area contributed by atoms with Crippen LogP contribution in [0.4, 0.5) is 0 Å². The molecule has 1 fully saturated rings. The number of rotatable bonds is 5. The SMILES string of the molecule is COc1ccc(/C(O)=C2/C(=O)C(=O)N(Cc3cccs3)C2c2ccc(C)o2)cc1C(C)(C)C. The van der Waals surface area contributed by atoms with Gasteiger partial charge in [-0.3, -0.25) is 9.59 Å². The van der Waals surface area contributed by atoms with Gasteiger partial charge in [-0.1, -0.05) is 26.8 Å². The normalized spacial score (nSPS) is 18.2. The van der Waals surface area contributed by atoms with Crippen molar-refractivity contribution < 1.29 is 23.8 Å². The summed E-state index contributed by atoms with van der Waals surface area (Å²) in [5.41, 5.74) is 1.09. The van der Waals surface area contributed by atoms with Gasteiger partial charge in [-0.2, -0.15) is 0 Å². The number of carbonyl (C=O) groups is 2. The molecule has 1 aliphatic heterocycles. The number of Topliss-reactive ketones (excluding diaryl/α,β-unsaturated/α-hetero) is 1. The van der Waals surface area contributed by atoms with E-state index in [0.717, 1.165) is 10.4 Å². The zero-order chi connectivity index (χ0) is 23.9. The Balaban J connectivity index is 1.88. The summed E-state index contributed by atoms with van der Waals surface area (Å²) in [6, 6.07) is 11.8. The van der Waals surface area contributed by atoms with E-state index in [1.54, 1.807) is 38.3 Å². The molecule has 0 bridgehead atoms.